The SMILES string of the molecule is CC(C)c1ccc(OCc2nnc(SC3CCOC3=O)n2N)cc1. The van der Waals surface area contributed by atoms with Gasteiger partial charge >= 0.3 is 5.97 Å². The largest absolute Gasteiger partial charge is 0.486 e. The number of carbonyl (C=O) groups is 1. The van der Waals surface area contributed by atoms with E-state index in [1.54, 1.807) is 0 Å². The maximum Gasteiger partial charge on any atom is 0.319 e. The smallest absolute Gasteiger partial charge is 0.319 e. The van der Waals surface area contributed by atoms with Gasteiger partial charge in [0, 0.05) is 6.42 Å². The summed E-state index contributed by atoms with van der Waals surface area (Å²) < 4.78 is 12.0. The number of nitrogens with zero attached hydrogens (tertiary/aromatic N) is 3. The molecule has 2 aromatic rings. The summed E-state index contributed by atoms with van der Waals surface area (Å²) in [5.41, 5.74) is 1.26. The van der Waals surface area contributed by atoms with Crippen molar-refractivity contribution in [2.24, 2.45) is 0 Å². The Hall–Kier alpha value is -2.22. The maximum absolute atomic E-state index is 11.5. The van der Waals surface area contributed by atoms with Crippen LogP contribution in [0.1, 0.15) is 37.6 Å². The highest BCUT2D eigenvalue weighted by atomic mass is 32.2. The molecule has 0 amide bonds. The van der Waals surface area contributed by atoms with Crippen LogP contribution in [0.4, 0.5) is 0 Å². The fourth-order valence-electron chi connectivity index (χ4n) is 2.29. The van der Waals surface area contributed by atoms with E-state index in [9.17, 15) is 4.79 Å². The zero-order valence-electron chi connectivity index (χ0n) is 13.6. The molecule has 1 aliphatic heterocycles. The Bertz CT molecular complexity index is 715. The molecule has 0 radical (unpaired) electrons. The first-order valence-electron chi connectivity index (χ1n) is 7.80. The fourth-order valence-corrected chi connectivity index (χ4v) is 3.23. The average Bonchev–Trinajstić information content (AvgIpc) is 3.13. The lowest BCUT2D eigenvalue weighted by Gasteiger charge is -2.09. The van der Waals surface area contributed by atoms with Crippen LogP contribution in [0.25, 0.3) is 0 Å². The molecule has 1 fully saturated rings. The highest BCUT2D eigenvalue weighted by Crippen LogP contribution is 2.28. The monoisotopic (exact) mass is 348 g/mol. The number of hydrogen-bond donors (Lipinski definition) is 1. The van der Waals surface area contributed by atoms with Gasteiger partial charge in [0.15, 0.2) is 5.82 Å². The lowest BCUT2D eigenvalue weighted by atomic mass is 10.0. The van der Waals surface area contributed by atoms with Gasteiger partial charge in [-0.25, -0.2) is 4.68 Å². The third kappa shape index (κ3) is 3.64. The molecule has 2 N–H and O–H groups in total. The number of nitrogens with two attached hydrogens (primary N) is 1. The van der Waals surface area contributed by atoms with E-state index in [1.165, 1.54) is 22.0 Å². The van der Waals surface area contributed by atoms with E-state index >= 15 is 0 Å². The second-order valence-electron chi connectivity index (χ2n) is 5.84. The number of esters is 1. The van der Waals surface area contributed by atoms with E-state index in [4.69, 9.17) is 15.3 Å². The second-order valence-corrected chi connectivity index (χ2v) is 7.01. The van der Waals surface area contributed by atoms with Gasteiger partial charge in [0.1, 0.15) is 17.6 Å². The molecule has 0 spiro atoms. The van der Waals surface area contributed by atoms with E-state index in [-0.39, 0.29) is 17.8 Å². The number of benzene rings is 1. The summed E-state index contributed by atoms with van der Waals surface area (Å²) in [5.74, 6) is 7.49. The predicted molar refractivity (Wildman–Crippen MR) is 90.3 cm³/mol. The van der Waals surface area contributed by atoms with Gasteiger partial charge in [-0.15, -0.1) is 10.2 Å². The van der Waals surface area contributed by atoms with Crippen LogP contribution in [0.15, 0.2) is 29.4 Å². The number of cyclic esters (lactones) is 1. The topological polar surface area (TPSA) is 92.3 Å². The van der Waals surface area contributed by atoms with Crippen molar-refractivity contribution >= 4 is 17.7 Å². The van der Waals surface area contributed by atoms with Crippen LogP contribution in [0.5, 0.6) is 5.75 Å². The van der Waals surface area contributed by atoms with E-state index in [0.717, 1.165) is 5.75 Å². The quantitative estimate of drug-likeness (QED) is 0.631. The lowest BCUT2D eigenvalue weighted by Crippen LogP contribution is -2.18. The molecule has 0 aliphatic carbocycles. The Balaban J connectivity index is 1.60. The third-order valence-corrected chi connectivity index (χ3v) is 4.99. The number of aromatic nitrogens is 3. The zero-order valence-corrected chi connectivity index (χ0v) is 14.5. The van der Waals surface area contributed by atoms with Crippen molar-refractivity contribution in [1.29, 1.82) is 0 Å². The average molecular weight is 348 g/mol. The Morgan fingerprint density at radius 2 is 2.12 bits per heavy atom. The number of thioether (sulfide) groups is 1. The van der Waals surface area contributed by atoms with Crippen molar-refractivity contribution in [2.45, 2.75) is 43.2 Å². The summed E-state index contributed by atoms with van der Waals surface area (Å²) in [6.07, 6.45) is 0.657. The lowest BCUT2D eigenvalue weighted by molar-refractivity contribution is -0.137. The van der Waals surface area contributed by atoms with Gasteiger partial charge in [-0.2, -0.15) is 0 Å². The highest BCUT2D eigenvalue weighted by molar-refractivity contribution is 8.00. The van der Waals surface area contributed by atoms with Crippen LogP contribution in [-0.2, 0) is 16.1 Å². The van der Waals surface area contributed by atoms with Gasteiger partial charge in [-0.05, 0) is 23.6 Å². The molecule has 0 saturated carbocycles. The third-order valence-electron chi connectivity index (χ3n) is 3.78. The van der Waals surface area contributed by atoms with Crippen molar-refractivity contribution in [3.63, 3.8) is 0 Å². The van der Waals surface area contributed by atoms with Crippen molar-refractivity contribution in [2.75, 3.05) is 12.4 Å². The molecule has 2 heterocycles. The molecule has 8 heteroatoms. The molecule has 1 atom stereocenters. The van der Waals surface area contributed by atoms with Gasteiger partial charge < -0.3 is 15.3 Å². The fraction of sp³-hybridized carbons (Fsp3) is 0.438. The van der Waals surface area contributed by atoms with Gasteiger partial charge in [0.05, 0.1) is 6.61 Å². The summed E-state index contributed by atoms with van der Waals surface area (Å²) in [6.45, 7) is 4.94. The van der Waals surface area contributed by atoms with Gasteiger partial charge in [-0.1, -0.05) is 37.7 Å². The minimum Gasteiger partial charge on any atom is -0.486 e. The second kappa shape index (κ2) is 7.12. The van der Waals surface area contributed by atoms with Crippen LogP contribution in [0, 0.1) is 0 Å². The van der Waals surface area contributed by atoms with Crippen LogP contribution < -0.4 is 10.6 Å². The van der Waals surface area contributed by atoms with Gasteiger partial charge in [0.25, 0.3) is 0 Å². The van der Waals surface area contributed by atoms with Crippen molar-refractivity contribution in [3.8, 4) is 5.75 Å². The Morgan fingerprint density at radius 1 is 1.38 bits per heavy atom. The summed E-state index contributed by atoms with van der Waals surface area (Å²) in [4.78, 5) is 11.5. The van der Waals surface area contributed by atoms with Crippen molar-refractivity contribution in [3.05, 3.63) is 35.7 Å². The zero-order chi connectivity index (χ0) is 17.1. The molecule has 0 bridgehead atoms. The molecule has 1 saturated heterocycles. The maximum atomic E-state index is 11.5. The number of ether oxygens (including phenoxy) is 2. The minimum atomic E-state index is -0.270. The van der Waals surface area contributed by atoms with Crippen LogP contribution in [0.2, 0.25) is 0 Å². The Labute approximate surface area is 144 Å². The molecule has 1 aromatic heterocycles. The van der Waals surface area contributed by atoms with Crippen LogP contribution in [-0.4, -0.2) is 32.7 Å². The minimum absolute atomic E-state index is 0.209. The summed E-state index contributed by atoms with van der Waals surface area (Å²) in [7, 11) is 0. The first-order chi connectivity index (χ1) is 11.5. The first kappa shape index (κ1) is 16.6. The molecule has 1 unspecified atom stereocenters. The molecule has 1 aliphatic rings. The Morgan fingerprint density at radius 3 is 2.75 bits per heavy atom. The first-order valence-corrected chi connectivity index (χ1v) is 8.68. The number of carbonyl (C=O) groups excluding carboxylic acids is 1. The number of nitrogen functional groups attached to an aromatic ring is 1. The van der Waals surface area contributed by atoms with E-state index in [1.807, 2.05) is 24.3 Å². The summed E-state index contributed by atoms with van der Waals surface area (Å²) >= 11 is 1.27. The van der Waals surface area contributed by atoms with Gasteiger partial charge in [0.2, 0.25) is 5.16 Å². The van der Waals surface area contributed by atoms with Crippen LogP contribution >= 0.6 is 11.8 Å². The summed E-state index contributed by atoms with van der Waals surface area (Å²) in [5, 5.41) is 8.27. The normalized spacial score (nSPS) is 17.3. The standard InChI is InChI=1S/C16H20N4O3S/c1-10(2)11-3-5-12(6-4-11)23-9-14-18-19-16(20(14)17)24-13-7-8-22-15(13)21/h3-6,10,13H,7-9,17H2,1-2H3. The molecular formula is C16H20N4O3S. The van der Waals surface area contributed by atoms with Gasteiger partial charge in [-0.3, -0.25) is 4.79 Å². The highest BCUT2D eigenvalue weighted by Gasteiger charge is 2.29. The molecule has 24 heavy (non-hydrogen) atoms. The van der Waals surface area contributed by atoms with E-state index < -0.39 is 0 Å². The number of rotatable bonds is 6. The molecule has 3 rings (SSSR count). The van der Waals surface area contributed by atoms with Crippen molar-refractivity contribution in [1.82, 2.24) is 14.9 Å². The molecule has 128 valence electrons. The summed E-state index contributed by atoms with van der Waals surface area (Å²) in [6, 6.07) is 7.94. The molecular weight excluding hydrogens is 328 g/mol. The number of hydrogen-bond acceptors (Lipinski definition) is 7. The van der Waals surface area contributed by atoms with Crippen molar-refractivity contribution < 1.29 is 14.3 Å². The Kier molecular flexibility index (Phi) is 4.94. The predicted octanol–water partition coefficient (Wildman–Crippen LogP) is 2.10. The van der Waals surface area contributed by atoms with E-state index in [0.29, 0.717) is 29.9 Å². The molecule has 7 nitrogen and oxygen atoms in total. The van der Waals surface area contributed by atoms with Crippen LogP contribution in [0.3, 0.4) is 0 Å². The molecule has 1 aromatic carbocycles. The van der Waals surface area contributed by atoms with E-state index in [2.05, 4.69) is 24.0 Å².